The Hall–Kier alpha value is -3.43. The van der Waals surface area contributed by atoms with Crippen LogP contribution in [0, 0.1) is 11.7 Å². The molecule has 1 amide bonds. The van der Waals surface area contributed by atoms with Crippen LogP contribution in [0.25, 0.3) is 10.9 Å². The number of fused-ring (bicyclic) bond motifs is 1. The average molecular weight is 565 g/mol. The molecule has 13 nitrogen and oxygen atoms in total. The summed E-state index contributed by atoms with van der Waals surface area (Å²) in [7, 11) is 0. The molecule has 7 N–H and O–H groups in total. The van der Waals surface area contributed by atoms with Gasteiger partial charge >= 0.3 is 11.9 Å². The molecule has 4 rings (SSSR count). The van der Waals surface area contributed by atoms with Crippen molar-refractivity contribution in [2.45, 2.75) is 43.5 Å². The molecule has 0 saturated carbocycles. The summed E-state index contributed by atoms with van der Waals surface area (Å²) >= 11 is 0. The fourth-order valence-electron chi connectivity index (χ4n) is 4.93. The van der Waals surface area contributed by atoms with Gasteiger partial charge in [0.1, 0.15) is 5.82 Å². The van der Waals surface area contributed by atoms with E-state index in [1.807, 2.05) is 0 Å². The van der Waals surface area contributed by atoms with Crippen molar-refractivity contribution in [3.8, 4) is 5.88 Å². The molecule has 2 aliphatic heterocycles. The Morgan fingerprint density at radius 3 is 2.52 bits per heavy atom. The smallest absolute Gasteiger partial charge is 0.345 e. The number of nitrogens with zero attached hydrogens (tertiary/aromatic N) is 2. The van der Waals surface area contributed by atoms with Gasteiger partial charge in [-0.3, -0.25) is 4.79 Å². The first-order valence-corrected chi connectivity index (χ1v) is 13.0. The van der Waals surface area contributed by atoms with Gasteiger partial charge in [0.2, 0.25) is 5.88 Å². The number of carbonyl (C=O) groups excluding carboxylic acids is 2. The number of aliphatic hydroxyl groups excluding tert-OH is 2. The van der Waals surface area contributed by atoms with Crippen molar-refractivity contribution in [1.82, 2.24) is 15.2 Å². The number of aromatic nitrogens is 1. The summed E-state index contributed by atoms with van der Waals surface area (Å²) < 4.78 is 24.7. The Balaban J connectivity index is 1.40. The average Bonchev–Trinajstić information content (AvgIpc) is 2.93. The van der Waals surface area contributed by atoms with Gasteiger partial charge in [0.05, 0.1) is 22.4 Å². The maximum absolute atomic E-state index is 14.5. The summed E-state index contributed by atoms with van der Waals surface area (Å²) in [6.45, 7) is 3.54. The number of aliphatic carboxylic acids is 1. The molecule has 2 aliphatic rings. The molecule has 3 heterocycles. The number of carbonyl (C=O) groups is 3. The molecule has 1 aromatic heterocycles. The fraction of sp³-hybridized carbons (Fsp3) is 0.538. The van der Waals surface area contributed by atoms with E-state index in [2.05, 4.69) is 15.2 Å². The van der Waals surface area contributed by atoms with E-state index in [4.69, 9.17) is 20.3 Å². The lowest BCUT2D eigenvalue weighted by atomic mass is 9.91. The lowest BCUT2D eigenvalue weighted by Crippen LogP contribution is -2.49. The number of hydrogen-bond donors (Lipinski definition) is 6. The number of benzene rings is 1. The molecule has 2 aromatic rings. The number of nitrogens with one attached hydrogen (secondary N) is 1. The highest BCUT2D eigenvalue weighted by Gasteiger charge is 2.34. The fourth-order valence-corrected chi connectivity index (χ4v) is 4.93. The van der Waals surface area contributed by atoms with Crippen LogP contribution in [0.4, 0.5) is 10.1 Å². The van der Waals surface area contributed by atoms with Gasteiger partial charge < -0.3 is 45.9 Å². The van der Waals surface area contributed by atoms with Gasteiger partial charge in [-0.05, 0) is 44.0 Å². The zero-order valence-electron chi connectivity index (χ0n) is 21.7. The van der Waals surface area contributed by atoms with Crippen molar-refractivity contribution in [2.24, 2.45) is 5.92 Å². The third-order valence-electron chi connectivity index (χ3n) is 7.39. The molecule has 2 atom stereocenters. The van der Waals surface area contributed by atoms with E-state index in [0.717, 1.165) is 38.1 Å². The van der Waals surface area contributed by atoms with E-state index in [-0.39, 0.29) is 28.1 Å². The van der Waals surface area contributed by atoms with Crippen LogP contribution in [0.5, 0.6) is 5.88 Å². The minimum atomic E-state index is -2.42. The van der Waals surface area contributed by atoms with E-state index in [1.54, 1.807) is 0 Å². The first kappa shape index (κ1) is 29.6. The van der Waals surface area contributed by atoms with Crippen molar-refractivity contribution in [1.29, 1.82) is 0 Å². The molecule has 2 fully saturated rings. The number of ether oxygens (including phenoxy) is 2. The third-order valence-corrected chi connectivity index (χ3v) is 7.39. The molecule has 0 bridgehead atoms. The monoisotopic (exact) mass is 564 g/mol. The first-order chi connectivity index (χ1) is 19.0. The van der Waals surface area contributed by atoms with E-state index in [1.165, 1.54) is 6.07 Å². The van der Waals surface area contributed by atoms with Crippen LogP contribution < -0.4 is 15.8 Å². The van der Waals surface area contributed by atoms with Gasteiger partial charge in [-0.25, -0.2) is 19.0 Å². The number of anilines is 1. The predicted molar refractivity (Wildman–Crippen MR) is 138 cm³/mol. The van der Waals surface area contributed by atoms with Gasteiger partial charge in [-0.2, -0.15) is 0 Å². The van der Waals surface area contributed by atoms with Gasteiger partial charge in [-0.1, -0.05) is 0 Å². The molecule has 2 unspecified atom stereocenters. The Bertz CT molecular complexity index is 1260. The van der Waals surface area contributed by atoms with Crippen molar-refractivity contribution < 1.29 is 48.7 Å². The molecule has 0 radical (unpaired) electrons. The van der Waals surface area contributed by atoms with Crippen molar-refractivity contribution >= 4 is 34.4 Å². The topological polar surface area (TPSA) is 205 Å². The number of hydrogen-bond acceptors (Lipinski definition) is 11. The predicted octanol–water partition coefficient (Wildman–Crippen LogP) is -0.349. The molecule has 40 heavy (non-hydrogen) atoms. The van der Waals surface area contributed by atoms with Crippen LogP contribution in [0.2, 0.25) is 0 Å². The molecule has 14 heteroatoms. The number of carboxylic acid groups (broad SMARTS) is 1. The maximum atomic E-state index is 14.5. The highest BCUT2D eigenvalue weighted by Crippen LogP contribution is 2.29. The lowest BCUT2D eigenvalue weighted by Gasteiger charge is -2.39. The number of β-amino-alcohol motifs (C(OH)–C–C–N with tert-alkyl or cyclic N) is 1. The zero-order valence-corrected chi connectivity index (χ0v) is 21.7. The number of aliphatic hydroxyl groups is 3. The quantitative estimate of drug-likeness (QED) is 0.171. The largest absolute Gasteiger partial charge is 0.479 e. The number of likely N-dealkylation sites (tertiary alicyclic amines) is 1. The second kappa shape index (κ2) is 12.4. The number of rotatable bonds is 9. The molecule has 0 aliphatic carbocycles. The highest BCUT2D eigenvalue weighted by molar-refractivity contribution is 6.08. The molecule has 1 aromatic carbocycles. The summed E-state index contributed by atoms with van der Waals surface area (Å²) in [6, 6.07) is 3.32. The maximum Gasteiger partial charge on any atom is 0.345 e. The van der Waals surface area contributed by atoms with Crippen molar-refractivity contribution in [2.75, 3.05) is 45.1 Å². The lowest BCUT2D eigenvalue weighted by molar-refractivity contribution is -0.164. The van der Waals surface area contributed by atoms with Gasteiger partial charge in [0.15, 0.2) is 12.2 Å². The van der Waals surface area contributed by atoms with Gasteiger partial charge in [-0.15, -0.1) is 0 Å². The molecule has 218 valence electrons. The van der Waals surface area contributed by atoms with Crippen molar-refractivity contribution in [3.05, 3.63) is 29.6 Å². The number of nitrogen functional groups attached to an aromatic ring is 1. The number of amides is 1. The van der Waals surface area contributed by atoms with Gasteiger partial charge in [0, 0.05) is 50.6 Å². The Kier molecular flexibility index (Phi) is 9.15. The van der Waals surface area contributed by atoms with E-state index in [0.29, 0.717) is 39.1 Å². The zero-order chi connectivity index (χ0) is 29.0. The van der Waals surface area contributed by atoms with Crippen LogP contribution in [-0.2, 0) is 14.3 Å². The van der Waals surface area contributed by atoms with Crippen molar-refractivity contribution in [3.63, 3.8) is 0 Å². The number of halogens is 1. The van der Waals surface area contributed by atoms with E-state index < -0.39 is 47.4 Å². The SMILES string of the molecule is Nc1c(F)cc(C(=O)NCC2CCN(CC3(O)CCOCC3)CC2)c2nc(OC(=O)C(O)C(O)C(=O)O)ccc12. The summed E-state index contributed by atoms with van der Waals surface area (Å²) in [6.07, 6.45) is -2.00. The summed E-state index contributed by atoms with van der Waals surface area (Å²) in [5.41, 5.74) is 4.56. The number of esters is 1. The van der Waals surface area contributed by atoms with E-state index >= 15 is 0 Å². The summed E-state index contributed by atoms with van der Waals surface area (Å²) in [5.74, 6) is -5.05. The Morgan fingerprint density at radius 2 is 1.88 bits per heavy atom. The van der Waals surface area contributed by atoms with Crippen LogP contribution in [0.3, 0.4) is 0 Å². The third kappa shape index (κ3) is 6.82. The molecule has 2 saturated heterocycles. The first-order valence-electron chi connectivity index (χ1n) is 13.0. The molecular formula is C26H33FN4O9. The summed E-state index contributed by atoms with van der Waals surface area (Å²) in [5, 5.41) is 41.4. The van der Waals surface area contributed by atoms with Crippen LogP contribution in [0.15, 0.2) is 18.2 Å². The van der Waals surface area contributed by atoms with Gasteiger partial charge in [0.25, 0.3) is 5.91 Å². The Labute approximate surface area is 228 Å². The second-order valence-corrected chi connectivity index (χ2v) is 10.3. The molecular weight excluding hydrogens is 531 g/mol. The minimum absolute atomic E-state index is 0.0745. The number of piperidine rings is 1. The van der Waals surface area contributed by atoms with Crippen LogP contribution in [-0.4, -0.2) is 105 Å². The summed E-state index contributed by atoms with van der Waals surface area (Å²) in [4.78, 5) is 42.2. The van der Waals surface area contributed by atoms with Crippen LogP contribution in [0.1, 0.15) is 36.0 Å². The molecule has 0 spiro atoms. The normalized spacial score (nSPS) is 19.6. The minimum Gasteiger partial charge on any atom is -0.479 e. The van der Waals surface area contributed by atoms with Crippen LogP contribution >= 0.6 is 0 Å². The Morgan fingerprint density at radius 1 is 1.20 bits per heavy atom. The number of pyridine rings is 1. The second-order valence-electron chi connectivity index (χ2n) is 10.3. The number of carboxylic acids is 1. The number of nitrogens with two attached hydrogens (primary N) is 1. The highest BCUT2D eigenvalue weighted by atomic mass is 19.1. The van der Waals surface area contributed by atoms with E-state index in [9.17, 15) is 34.1 Å². The standard InChI is InChI=1S/C26H33FN4O9/c27-17-11-16(20-15(19(17)28)1-2-18(30-20)40-25(37)22(33)21(32)24(35)36)23(34)29-12-14-3-7-31(8-4-14)13-26(38)5-9-39-10-6-26/h1-2,11,14,21-22,32-33,38H,3-10,12-13,28H2,(H,29,34)(H,35,36).